The lowest BCUT2D eigenvalue weighted by Crippen LogP contribution is -2.54. The minimum atomic E-state index is -0.233. The van der Waals surface area contributed by atoms with Gasteiger partial charge >= 0.3 is 0 Å². The van der Waals surface area contributed by atoms with E-state index < -0.39 is 0 Å². The van der Waals surface area contributed by atoms with E-state index in [0.717, 1.165) is 48.5 Å². The van der Waals surface area contributed by atoms with Gasteiger partial charge in [-0.15, -0.1) is 0 Å². The predicted molar refractivity (Wildman–Crippen MR) is 141 cm³/mol. The molecule has 0 spiro atoms. The summed E-state index contributed by atoms with van der Waals surface area (Å²) in [5, 5.41) is 0. The van der Waals surface area contributed by atoms with Crippen LogP contribution in [0.2, 0.25) is 0 Å². The Bertz CT molecular complexity index is 1180. The summed E-state index contributed by atoms with van der Waals surface area (Å²) in [5.74, 6) is 5.64. The molecule has 2 heterocycles. The highest BCUT2D eigenvalue weighted by Crippen LogP contribution is 2.64. The molecule has 8 unspecified atom stereocenters. The van der Waals surface area contributed by atoms with E-state index in [1.54, 1.807) is 4.90 Å². The van der Waals surface area contributed by atoms with Crippen LogP contribution in [0.5, 0.6) is 0 Å². The fourth-order valence-corrected chi connectivity index (χ4v) is 10.9. The number of benzene rings is 2. The average Bonchev–Trinajstić information content (AvgIpc) is 3.45. The van der Waals surface area contributed by atoms with Crippen LogP contribution in [-0.4, -0.2) is 47.8 Å². The van der Waals surface area contributed by atoms with Crippen molar-refractivity contribution in [2.45, 2.75) is 43.9 Å². The Balaban J connectivity index is 0.935. The molecule has 0 aromatic heterocycles. The summed E-state index contributed by atoms with van der Waals surface area (Å²) in [5.41, 5.74) is 5.05. The van der Waals surface area contributed by atoms with E-state index in [-0.39, 0.29) is 35.5 Å². The van der Waals surface area contributed by atoms with Crippen LogP contribution in [-0.2, 0) is 9.59 Å². The Morgan fingerprint density at radius 1 is 0.568 bits per heavy atom. The van der Waals surface area contributed by atoms with E-state index >= 15 is 0 Å². The van der Waals surface area contributed by atoms with Gasteiger partial charge in [0.25, 0.3) is 0 Å². The molecule has 2 aliphatic heterocycles. The molecule has 0 radical (unpaired) electrons. The fraction of sp³-hybridized carbons (Fsp3) is 0.576. The van der Waals surface area contributed by atoms with Gasteiger partial charge in [-0.05, 0) is 96.4 Å². The van der Waals surface area contributed by atoms with Gasteiger partial charge in [-0.1, -0.05) is 48.5 Å². The lowest BCUT2D eigenvalue weighted by Gasteiger charge is -2.60. The minimum absolute atomic E-state index is 0.0106. The second-order valence-corrected chi connectivity index (χ2v) is 13.3. The van der Waals surface area contributed by atoms with Crippen LogP contribution in [0.1, 0.15) is 66.2 Å². The van der Waals surface area contributed by atoms with Crippen molar-refractivity contribution in [2.24, 2.45) is 47.3 Å². The molecule has 7 aliphatic carbocycles. The van der Waals surface area contributed by atoms with E-state index in [0.29, 0.717) is 6.54 Å². The molecule has 2 amide bonds. The summed E-state index contributed by atoms with van der Waals surface area (Å²) in [7, 11) is 0. The van der Waals surface area contributed by atoms with Crippen LogP contribution in [0.4, 0.5) is 0 Å². The second-order valence-electron chi connectivity index (χ2n) is 13.3. The van der Waals surface area contributed by atoms with Crippen molar-refractivity contribution in [2.75, 3.05) is 26.2 Å². The summed E-state index contributed by atoms with van der Waals surface area (Å²) < 4.78 is 0. The standard InChI is InChI=1S/C33H36N2O2/c36-32-30-28-22-6-1-2-7-23(22)29(25-9-4-3-8-24(25)28)31(30)33(37)35(32)15-5-14-34-16-26-20-12-13-21(27(26)17-34)19-11-10-18(19)20/h1-4,6-9,18-21,26-31H,5,10-17H2. The molecule has 2 aromatic rings. The van der Waals surface area contributed by atoms with Gasteiger partial charge in [0.15, 0.2) is 0 Å². The molecule has 2 saturated heterocycles. The van der Waals surface area contributed by atoms with Crippen LogP contribution < -0.4 is 0 Å². The third-order valence-corrected chi connectivity index (χ3v) is 12.3. The zero-order valence-electron chi connectivity index (χ0n) is 21.5. The normalized spacial score (nSPS) is 42.2. The Labute approximate surface area is 219 Å². The largest absolute Gasteiger partial charge is 0.303 e. The first-order valence-electron chi connectivity index (χ1n) is 15.0. The number of rotatable bonds is 4. The molecule has 4 bridgehead atoms. The zero-order chi connectivity index (χ0) is 24.4. The molecule has 2 aromatic carbocycles. The lowest BCUT2D eigenvalue weighted by atomic mass is 9.45. The molecule has 37 heavy (non-hydrogen) atoms. The van der Waals surface area contributed by atoms with Crippen molar-refractivity contribution >= 4 is 11.8 Å². The van der Waals surface area contributed by atoms with Crippen LogP contribution in [0.25, 0.3) is 0 Å². The molecular formula is C33H36N2O2. The Hall–Kier alpha value is -2.46. The highest BCUT2D eigenvalue weighted by atomic mass is 16.2. The van der Waals surface area contributed by atoms with Crippen molar-refractivity contribution in [1.29, 1.82) is 0 Å². The molecule has 190 valence electrons. The summed E-state index contributed by atoms with van der Waals surface area (Å²) >= 11 is 0. The Morgan fingerprint density at radius 3 is 1.41 bits per heavy atom. The van der Waals surface area contributed by atoms with Gasteiger partial charge in [-0.2, -0.15) is 0 Å². The van der Waals surface area contributed by atoms with Crippen LogP contribution in [0.15, 0.2) is 48.5 Å². The number of amides is 2. The number of hydrogen-bond donors (Lipinski definition) is 0. The number of imide groups is 1. The topological polar surface area (TPSA) is 40.6 Å². The molecule has 9 aliphatic rings. The molecule has 11 rings (SSSR count). The Morgan fingerprint density at radius 2 is 0.973 bits per heavy atom. The fourth-order valence-electron chi connectivity index (χ4n) is 10.9. The molecule has 4 saturated carbocycles. The van der Waals surface area contributed by atoms with E-state index in [9.17, 15) is 9.59 Å². The van der Waals surface area contributed by atoms with Gasteiger partial charge in [0.05, 0.1) is 11.8 Å². The number of carbonyl (C=O) groups excluding carboxylic acids is 2. The van der Waals surface area contributed by atoms with Crippen LogP contribution >= 0.6 is 0 Å². The summed E-state index contributed by atoms with van der Waals surface area (Å²) in [6, 6.07) is 17.1. The minimum Gasteiger partial charge on any atom is -0.303 e. The first-order chi connectivity index (χ1) is 18.2. The summed E-state index contributed by atoms with van der Waals surface area (Å²) in [4.78, 5) is 32.1. The third kappa shape index (κ3) is 2.68. The van der Waals surface area contributed by atoms with E-state index in [4.69, 9.17) is 0 Å². The zero-order valence-corrected chi connectivity index (χ0v) is 21.5. The van der Waals surface area contributed by atoms with Gasteiger partial charge in [0.2, 0.25) is 11.8 Å². The Kier molecular flexibility index (Phi) is 4.39. The maximum atomic E-state index is 13.9. The van der Waals surface area contributed by atoms with Crippen molar-refractivity contribution in [1.82, 2.24) is 9.80 Å². The second kappa shape index (κ2) is 7.56. The predicted octanol–water partition coefficient (Wildman–Crippen LogP) is 4.88. The van der Waals surface area contributed by atoms with E-state index in [1.165, 1.54) is 61.0 Å². The maximum Gasteiger partial charge on any atom is 0.234 e. The van der Waals surface area contributed by atoms with Crippen molar-refractivity contribution in [3.05, 3.63) is 70.8 Å². The number of likely N-dealkylation sites (tertiary alicyclic amines) is 2. The van der Waals surface area contributed by atoms with Gasteiger partial charge in [0, 0.05) is 31.5 Å². The van der Waals surface area contributed by atoms with Gasteiger partial charge in [-0.25, -0.2) is 0 Å². The van der Waals surface area contributed by atoms with Gasteiger partial charge < -0.3 is 4.90 Å². The monoisotopic (exact) mass is 492 g/mol. The number of nitrogens with zero attached hydrogens (tertiary/aromatic N) is 2. The smallest absolute Gasteiger partial charge is 0.234 e. The van der Waals surface area contributed by atoms with Crippen LogP contribution in [0, 0.1) is 47.3 Å². The SMILES string of the molecule is O=C1C2C3c4ccccc4C(c4ccccc43)C2C(=O)N1CCCN1CC2C3CCC(C4CCC43)C2C1. The number of carbonyl (C=O) groups is 2. The van der Waals surface area contributed by atoms with Gasteiger partial charge in [-0.3, -0.25) is 14.5 Å². The maximum absolute atomic E-state index is 13.9. The lowest BCUT2D eigenvalue weighted by molar-refractivity contribution is -0.140. The van der Waals surface area contributed by atoms with Crippen molar-refractivity contribution in [3.8, 4) is 0 Å². The first kappa shape index (κ1) is 21.5. The molecular weight excluding hydrogens is 456 g/mol. The molecule has 4 nitrogen and oxygen atoms in total. The highest BCUT2D eigenvalue weighted by molar-refractivity contribution is 6.07. The average molecular weight is 493 g/mol. The van der Waals surface area contributed by atoms with E-state index in [2.05, 4.69) is 53.4 Å². The molecule has 4 heteroatoms. The number of fused-ring (bicyclic) bond motifs is 1. The van der Waals surface area contributed by atoms with Crippen molar-refractivity contribution in [3.63, 3.8) is 0 Å². The summed E-state index contributed by atoms with van der Waals surface area (Å²) in [6.45, 7) is 4.14. The third-order valence-electron chi connectivity index (χ3n) is 12.3. The molecule has 0 N–H and O–H groups in total. The summed E-state index contributed by atoms with van der Waals surface area (Å²) in [6.07, 6.45) is 6.85. The van der Waals surface area contributed by atoms with Gasteiger partial charge in [0.1, 0.15) is 0 Å². The molecule has 6 fully saturated rings. The van der Waals surface area contributed by atoms with Crippen molar-refractivity contribution < 1.29 is 9.59 Å². The van der Waals surface area contributed by atoms with Crippen LogP contribution in [0.3, 0.4) is 0 Å². The van der Waals surface area contributed by atoms with E-state index in [1.807, 2.05) is 0 Å². The quantitative estimate of drug-likeness (QED) is 0.571. The molecule has 8 atom stereocenters. The highest BCUT2D eigenvalue weighted by Gasteiger charge is 2.62. The first-order valence-corrected chi connectivity index (χ1v) is 15.0. The number of hydrogen-bond acceptors (Lipinski definition) is 3.